The van der Waals surface area contributed by atoms with Gasteiger partial charge in [-0.05, 0) is 36.1 Å². The molecule has 0 spiro atoms. The minimum atomic E-state index is -0.931. The molecular formula is C15H11BClFO4. The summed E-state index contributed by atoms with van der Waals surface area (Å²) in [6, 6.07) is 7.32. The summed E-state index contributed by atoms with van der Waals surface area (Å²) in [4.78, 5) is 11.3. The fourth-order valence-corrected chi connectivity index (χ4v) is 2.48. The van der Waals surface area contributed by atoms with Gasteiger partial charge in [-0.25, -0.2) is 4.39 Å². The first-order valence-electron chi connectivity index (χ1n) is 6.56. The number of Topliss-reactive ketones (excluding diaryl/α,β-unsaturated/α-hetero) is 1. The van der Waals surface area contributed by atoms with Crippen LogP contribution in [0.1, 0.15) is 22.8 Å². The van der Waals surface area contributed by atoms with E-state index in [9.17, 15) is 14.2 Å². The van der Waals surface area contributed by atoms with Gasteiger partial charge in [0.1, 0.15) is 17.3 Å². The first-order valence-corrected chi connectivity index (χ1v) is 6.94. The van der Waals surface area contributed by atoms with Gasteiger partial charge in [-0.2, -0.15) is 0 Å². The third kappa shape index (κ3) is 2.73. The zero-order valence-electron chi connectivity index (χ0n) is 11.6. The molecule has 0 fully saturated rings. The van der Waals surface area contributed by atoms with Crippen molar-refractivity contribution in [2.24, 2.45) is 0 Å². The van der Waals surface area contributed by atoms with Crippen molar-refractivity contribution in [2.75, 3.05) is 0 Å². The molecule has 1 N–H and O–H groups in total. The second kappa shape index (κ2) is 5.72. The van der Waals surface area contributed by atoms with Crippen molar-refractivity contribution >= 4 is 30.0 Å². The lowest BCUT2D eigenvalue weighted by atomic mass is 9.80. The smallest absolute Gasteiger partial charge is 0.456 e. The van der Waals surface area contributed by atoms with Gasteiger partial charge in [0, 0.05) is 6.07 Å². The Morgan fingerprint density at radius 3 is 2.91 bits per heavy atom. The molecule has 7 heteroatoms. The maximum absolute atomic E-state index is 13.8. The van der Waals surface area contributed by atoms with Crippen LogP contribution in [0.15, 0.2) is 30.3 Å². The van der Waals surface area contributed by atoms with Crippen molar-refractivity contribution < 1.29 is 23.6 Å². The molecule has 4 nitrogen and oxygen atoms in total. The van der Waals surface area contributed by atoms with Gasteiger partial charge in [0.15, 0.2) is 5.78 Å². The number of rotatable bonds is 3. The quantitative estimate of drug-likeness (QED) is 0.698. The van der Waals surface area contributed by atoms with E-state index in [-0.39, 0.29) is 22.9 Å². The number of ether oxygens (including phenoxy) is 1. The summed E-state index contributed by atoms with van der Waals surface area (Å²) >= 11 is 6.03. The number of halogens is 2. The Morgan fingerprint density at radius 2 is 2.18 bits per heavy atom. The number of carbonyl (C=O) groups is 1. The lowest BCUT2D eigenvalue weighted by molar-refractivity contribution is 0.101. The highest BCUT2D eigenvalue weighted by Crippen LogP contribution is 2.32. The van der Waals surface area contributed by atoms with Crippen LogP contribution in [0.25, 0.3) is 0 Å². The van der Waals surface area contributed by atoms with Crippen molar-refractivity contribution in [3.05, 3.63) is 52.3 Å². The number of hydrogen-bond donors (Lipinski definition) is 1. The predicted octanol–water partition coefficient (Wildman–Crippen LogP) is 2.69. The minimum absolute atomic E-state index is 0.0807. The van der Waals surface area contributed by atoms with Gasteiger partial charge in [-0.15, -0.1) is 0 Å². The molecular weight excluding hydrogens is 309 g/mol. The molecule has 2 aromatic carbocycles. The fraction of sp³-hybridized carbons (Fsp3) is 0.133. The molecule has 1 heterocycles. The molecule has 1 aliphatic heterocycles. The lowest BCUT2D eigenvalue weighted by Gasteiger charge is -2.10. The summed E-state index contributed by atoms with van der Waals surface area (Å²) in [5.41, 5.74) is 1.39. The summed E-state index contributed by atoms with van der Waals surface area (Å²) in [5.74, 6) is -0.543. The Hall–Kier alpha value is -1.89. The van der Waals surface area contributed by atoms with E-state index in [1.807, 2.05) is 0 Å². The van der Waals surface area contributed by atoms with E-state index in [2.05, 4.69) is 0 Å². The topological polar surface area (TPSA) is 55.8 Å². The van der Waals surface area contributed by atoms with E-state index in [0.717, 1.165) is 11.6 Å². The molecule has 0 radical (unpaired) electrons. The van der Waals surface area contributed by atoms with Crippen LogP contribution in [0.5, 0.6) is 11.5 Å². The van der Waals surface area contributed by atoms with Crippen molar-refractivity contribution in [1.82, 2.24) is 0 Å². The van der Waals surface area contributed by atoms with Crippen molar-refractivity contribution in [1.29, 1.82) is 0 Å². The van der Waals surface area contributed by atoms with Crippen LogP contribution in [0.4, 0.5) is 4.39 Å². The molecule has 0 saturated heterocycles. The van der Waals surface area contributed by atoms with Gasteiger partial charge in [0.05, 0.1) is 17.2 Å². The van der Waals surface area contributed by atoms with Crippen molar-refractivity contribution in [3.63, 3.8) is 0 Å². The van der Waals surface area contributed by atoms with Crippen molar-refractivity contribution in [3.8, 4) is 11.5 Å². The third-order valence-corrected chi connectivity index (χ3v) is 3.70. The standard InChI is InChI=1S/C15H11BClFO4/c1-8(19)11-5-13(17)15(6-14(11)18)22-10-2-3-12-9(4-10)7-21-16(12)20/h2-6,20H,7H2,1H3. The van der Waals surface area contributed by atoms with Gasteiger partial charge in [0.2, 0.25) is 0 Å². The molecule has 1 aliphatic rings. The van der Waals surface area contributed by atoms with Crippen LogP contribution in [0, 0.1) is 5.82 Å². The van der Waals surface area contributed by atoms with Gasteiger partial charge >= 0.3 is 7.12 Å². The molecule has 0 amide bonds. The first-order chi connectivity index (χ1) is 10.5. The Kier molecular flexibility index (Phi) is 3.91. The Bertz CT molecular complexity index is 765. The van der Waals surface area contributed by atoms with E-state index in [4.69, 9.17) is 21.0 Å². The van der Waals surface area contributed by atoms with Crippen LogP contribution in [0.2, 0.25) is 5.02 Å². The molecule has 0 unspecified atom stereocenters. The number of benzene rings is 2. The molecule has 0 saturated carbocycles. The summed E-state index contributed by atoms with van der Waals surface area (Å²) in [7, 11) is -0.931. The highest BCUT2D eigenvalue weighted by molar-refractivity contribution is 6.61. The van der Waals surface area contributed by atoms with Crippen LogP contribution in [0.3, 0.4) is 0 Å². The maximum atomic E-state index is 13.8. The number of fused-ring (bicyclic) bond motifs is 1. The molecule has 3 rings (SSSR count). The summed E-state index contributed by atoms with van der Waals surface area (Å²) in [6.45, 7) is 1.54. The monoisotopic (exact) mass is 320 g/mol. The molecule has 0 aromatic heterocycles. The van der Waals surface area contributed by atoms with Crippen LogP contribution < -0.4 is 10.2 Å². The molecule has 2 aromatic rings. The Labute approximate surface area is 131 Å². The zero-order valence-corrected chi connectivity index (χ0v) is 12.4. The SMILES string of the molecule is CC(=O)c1cc(Cl)c(Oc2ccc3c(c2)COB3O)cc1F. The van der Waals surface area contributed by atoms with Gasteiger partial charge in [-0.3, -0.25) is 4.79 Å². The fourth-order valence-electron chi connectivity index (χ4n) is 2.27. The van der Waals surface area contributed by atoms with Gasteiger partial charge in [-0.1, -0.05) is 17.7 Å². The number of hydrogen-bond acceptors (Lipinski definition) is 4. The van der Waals surface area contributed by atoms with E-state index < -0.39 is 18.7 Å². The van der Waals surface area contributed by atoms with Gasteiger partial charge < -0.3 is 14.4 Å². The normalized spacial score (nSPS) is 13.2. The van der Waals surface area contributed by atoms with Crippen LogP contribution in [-0.4, -0.2) is 17.9 Å². The minimum Gasteiger partial charge on any atom is -0.456 e. The third-order valence-electron chi connectivity index (χ3n) is 3.41. The number of ketones is 1. The molecule has 0 aliphatic carbocycles. The molecule has 0 bridgehead atoms. The van der Waals surface area contributed by atoms with E-state index >= 15 is 0 Å². The molecule has 0 atom stereocenters. The highest BCUT2D eigenvalue weighted by Gasteiger charge is 2.27. The second-order valence-corrected chi connectivity index (χ2v) is 5.35. The summed E-state index contributed by atoms with van der Waals surface area (Å²) < 4.78 is 24.5. The van der Waals surface area contributed by atoms with E-state index in [0.29, 0.717) is 11.2 Å². The predicted molar refractivity (Wildman–Crippen MR) is 80.3 cm³/mol. The first kappa shape index (κ1) is 15.0. The summed E-state index contributed by atoms with van der Waals surface area (Å²) in [5, 5.41) is 9.70. The average Bonchev–Trinajstić information content (AvgIpc) is 2.83. The maximum Gasteiger partial charge on any atom is 0.491 e. The van der Waals surface area contributed by atoms with Gasteiger partial charge in [0.25, 0.3) is 0 Å². The zero-order chi connectivity index (χ0) is 15.9. The average molecular weight is 321 g/mol. The molecule has 22 heavy (non-hydrogen) atoms. The largest absolute Gasteiger partial charge is 0.491 e. The summed E-state index contributed by atoms with van der Waals surface area (Å²) in [6.07, 6.45) is 0. The highest BCUT2D eigenvalue weighted by atomic mass is 35.5. The van der Waals surface area contributed by atoms with E-state index in [1.165, 1.54) is 13.0 Å². The van der Waals surface area contributed by atoms with Crippen molar-refractivity contribution in [2.45, 2.75) is 13.5 Å². The Balaban J connectivity index is 1.91. The molecule has 112 valence electrons. The van der Waals surface area contributed by atoms with Crippen LogP contribution >= 0.6 is 11.6 Å². The lowest BCUT2D eigenvalue weighted by Crippen LogP contribution is -2.27. The van der Waals surface area contributed by atoms with Crippen LogP contribution in [-0.2, 0) is 11.3 Å². The number of carbonyl (C=O) groups excluding carboxylic acids is 1. The second-order valence-electron chi connectivity index (χ2n) is 4.94. The Morgan fingerprint density at radius 1 is 1.41 bits per heavy atom. The van der Waals surface area contributed by atoms with E-state index in [1.54, 1.807) is 18.2 Å².